The maximum Gasteiger partial charge on any atom is 0.163 e. The van der Waals surface area contributed by atoms with Gasteiger partial charge in [-0.05, 0) is 43.5 Å². The quantitative estimate of drug-likeness (QED) is 0.611. The first-order chi connectivity index (χ1) is 14.0. The molecule has 146 valence electrons. The van der Waals surface area contributed by atoms with E-state index in [2.05, 4.69) is 5.32 Å². The number of rotatable bonds is 2. The van der Waals surface area contributed by atoms with Gasteiger partial charge < -0.3 is 10.4 Å². The van der Waals surface area contributed by atoms with Crippen LogP contribution >= 0.6 is 11.6 Å². The number of anilines is 1. The molecule has 0 saturated heterocycles. The zero-order valence-corrected chi connectivity index (χ0v) is 16.7. The standard InChI is InChI=1S/C23H20ClN3O2/c1-13-20(14-9-11-15(24)12-10-14)23-25-17-6-4-8-19(29)21(17)22(27(23)26-13)16-5-2-3-7-18(16)28/h2-3,5,7,9-12,22,25,28H,4,6,8H2,1H3/t22-/m0/s1. The lowest BCUT2D eigenvalue weighted by molar-refractivity contribution is -0.116. The molecule has 0 unspecified atom stereocenters. The van der Waals surface area contributed by atoms with Gasteiger partial charge in [-0.2, -0.15) is 5.10 Å². The number of carbonyl (C=O) groups is 1. The Labute approximate surface area is 173 Å². The van der Waals surface area contributed by atoms with Crippen LogP contribution in [0.25, 0.3) is 11.1 Å². The van der Waals surface area contributed by atoms with Gasteiger partial charge in [0.15, 0.2) is 5.78 Å². The molecule has 0 fully saturated rings. The second-order valence-electron chi connectivity index (χ2n) is 7.52. The number of nitrogens with zero attached hydrogens (tertiary/aromatic N) is 2. The highest BCUT2D eigenvalue weighted by atomic mass is 35.5. The molecule has 0 spiro atoms. The highest BCUT2D eigenvalue weighted by Crippen LogP contribution is 2.46. The first-order valence-electron chi connectivity index (χ1n) is 9.71. The topological polar surface area (TPSA) is 67.2 Å². The smallest absolute Gasteiger partial charge is 0.163 e. The van der Waals surface area contributed by atoms with Crippen LogP contribution in [0.15, 0.2) is 59.8 Å². The van der Waals surface area contributed by atoms with Gasteiger partial charge in [-0.25, -0.2) is 4.68 Å². The number of para-hydroxylation sites is 1. The zero-order chi connectivity index (χ0) is 20.1. The number of aromatic nitrogens is 2. The monoisotopic (exact) mass is 405 g/mol. The fraction of sp³-hybridized carbons (Fsp3) is 0.217. The number of carbonyl (C=O) groups excluding carboxylic acids is 1. The number of phenols is 1. The molecule has 1 aliphatic heterocycles. The molecule has 1 atom stereocenters. The van der Waals surface area contributed by atoms with Crippen molar-refractivity contribution in [1.82, 2.24) is 9.78 Å². The maximum atomic E-state index is 12.9. The Morgan fingerprint density at radius 3 is 2.66 bits per heavy atom. The highest BCUT2D eigenvalue weighted by molar-refractivity contribution is 6.30. The fourth-order valence-corrected chi connectivity index (χ4v) is 4.52. The average molecular weight is 406 g/mol. The first-order valence-corrected chi connectivity index (χ1v) is 10.1. The largest absolute Gasteiger partial charge is 0.508 e. The van der Waals surface area contributed by atoms with E-state index in [1.165, 1.54) is 0 Å². The summed E-state index contributed by atoms with van der Waals surface area (Å²) in [5.74, 6) is 1.11. The van der Waals surface area contributed by atoms with Gasteiger partial charge in [0, 0.05) is 33.8 Å². The molecule has 2 heterocycles. The molecule has 3 aromatic rings. The maximum absolute atomic E-state index is 12.9. The number of aryl methyl sites for hydroxylation is 1. The lowest BCUT2D eigenvalue weighted by Gasteiger charge is -2.33. The van der Waals surface area contributed by atoms with Crippen LogP contribution in [0, 0.1) is 6.92 Å². The normalized spacial score (nSPS) is 18.3. The van der Waals surface area contributed by atoms with Crippen LogP contribution in [-0.2, 0) is 4.79 Å². The number of hydrogen-bond acceptors (Lipinski definition) is 4. The Kier molecular flexibility index (Phi) is 4.21. The molecule has 0 radical (unpaired) electrons. The number of halogens is 1. The highest BCUT2D eigenvalue weighted by Gasteiger charge is 2.38. The summed E-state index contributed by atoms with van der Waals surface area (Å²) < 4.78 is 1.84. The van der Waals surface area contributed by atoms with E-state index in [-0.39, 0.29) is 11.5 Å². The predicted molar refractivity (Wildman–Crippen MR) is 113 cm³/mol. The number of Topliss-reactive ketones (excluding diaryl/α,β-unsaturated/α-hetero) is 1. The number of hydrogen-bond donors (Lipinski definition) is 2. The molecule has 0 bridgehead atoms. The van der Waals surface area contributed by atoms with E-state index in [0.717, 1.165) is 41.2 Å². The Morgan fingerprint density at radius 2 is 1.90 bits per heavy atom. The molecule has 1 aromatic heterocycles. The molecule has 6 heteroatoms. The number of aromatic hydroxyl groups is 1. The second-order valence-corrected chi connectivity index (χ2v) is 7.95. The third-order valence-corrected chi connectivity index (χ3v) is 5.95. The molecule has 5 nitrogen and oxygen atoms in total. The summed E-state index contributed by atoms with van der Waals surface area (Å²) in [7, 11) is 0. The third kappa shape index (κ3) is 2.85. The van der Waals surface area contributed by atoms with Gasteiger partial charge in [0.25, 0.3) is 0 Å². The number of allylic oxidation sites excluding steroid dienone is 2. The van der Waals surface area contributed by atoms with Gasteiger partial charge in [0.05, 0.1) is 5.69 Å². The van der Waals surface area contributed by atoms with E-state index in [1.54, 1.807) is 12.1 Å². The van der Waals surface area contributed by atoms with Crippen molar-refractivity contribution in [3.63, 3.8) is 0 Å². The van der Waals surface area contributed by atoms with Crippen LogP contribution in [0.1, 0.15) is 36.6 Å². The van der Waals surface area contributed by atoms with Crippen molar-refractivity contribution in [1.29, 1.82) is 0 Å². The molecule has 1 aliphatic carbocycles. The van der Waals surface area contributed by atoms with Gasteiger partial charge in [-0.3, -0.25) is 4.79 Å². The number of fused-ring (bicyclic) bond motifs is 1. The van der Waals surface area contributed by atoms with Crippen molar-refractivity contribution in [2.45, 2.75) is 32.2 Å². The van der Waals surface area contributed by atoms with Crippen LogP contribution in [0.5, 0.6) is 5.75 Å². The number of nitrogens with one attached hydrogen (secondary N) is 1. The molecule has 2 N–H and O–H groups in total. The fourth-order valence-electron chi connectivity index (χ4n) is 4.40. The molecule has 29 heavy (non-hydrogen) atoms. The van der Waals surface area contributed by atoms with Crippen molar-refractivity contribution in [2.75, 3.05) is 5.32 Å². The molecule has 0 amide bonds. The van der Waals surface area contributed by atoms with Gasteiger partial charge in [-0.1, -0.05) is 41.9 Å². The van der Waals surface area contributed by atoms with E-state index in [9.17, 15) is 9.90 Å². The van der Waals surface area contributed by atoms with E-state index in [1.807, 2.05) is 48.0 Å². The van der Waals surface area contributed by atoms with Crippen molar-refractivity contribution in [3.05, 3.63) is 76.1 Å². The van der Waals surface area contributed by atoms with Crippen LogP contribution in [-0.4, -0.2) is 20.7 Å². The number of phenolic OH excluding ortho intramolecular Hbond substituents is 1. The minimum atomic E-state index is -0.449. The summed E-state index contributed by atoms with van der Waals surface area (Å²) in [4.78, 5) is 12.9. The molecule has 2 aliphatic rings. The Hall–Kier alpha value is -3.05. The Morgan fingerprint density at radius 1 is 1.14 bits per heavy atom. The first kappa shape index (κ1) is 18.0. The lowest BCUT2D eigenvalue weighted by atomic mass is 9.85. The van der Waals surface area contributed by atoms with Gasteiger partial charge in [0.2, 0.25) is 0 Å². The van der Waals surface area contributed by atoms with Gasteiger partial charge in [-0.15, -0.1) is 0 Å². The average Bonchev–Trinajstić information content (AvgIpc) is 3.03. The molecule has 2 aromatic carbocycles. The van der Waals surface area contributed by atoms with E-state index in [0.29, 0.717) is 22.6 Å². The van der Waals surface area contributed by atoms with E-state index >= 15 is 0 Å². The van der Waals surface area contributed by atoms with Crippen LogP contribution in [0.4, 0.5) is 5.82 Å². The van der Waals surface area contributed by atoms with Gasteiger partial charge >= 0.3 is 0 Å². The second kappa shape index (κ2) is 6.78. The van der Waals surface area contributed by atoms with Crippen LogP contribution in [0.3, 0.4) is 0 Å². The number of benzene rings is 2. The van der Waals surface area contributed by atoms with E-state index in [4.69, 9.17) is 16.7 Å². The molecule has 5 rings (SSSR count). The van der Waals surface area contributed by atoms with Crippen molar-refractivity contribution in [2.24, 2.45) is 0 Å². The minimum Gasteiger partial charge on any atom is -0.508 e. The summed E-state index contributed by atoms with van der Waals surface area (Å²) in [6.07, 6.45) is 2.14. The summed E-state index contributed by atoms with van der Waals surface area (Å²) in [5, 5.41) is 19.5. The minimum absolute atomic E-state index is 0.110. The summed E-state index contributed by atoms with van der Waals surface area (Å²) >= 11 is 6.07. The van der Waals surface area contributed by atoms with Gasteiger partial charge in [0.1, 0.15) is 17.6 Å². The van der Waals surface area contributed by atoms with Crippen molar-refractivity contribution >= 4 is 23.2 Å². The molecular formula is C23H20ClN3O2. The zero-order valence-electron chi connectivity index (χ0n) is 15.9. The lowest BCUT2D eigenvalue weighted by Crippen LogP contribution is -2.31. The third-order valence-electron chi connectivity index (χ3n) is 5.69. The number of ketones is 1. The Bertz CT molecular complexity index is 1160. The summed E-state index contributed by atoms with van der Waals surface area (Å²) in [6, 6.07) is 14.4. The summed E-state index contributed by atoms with van der Waals surface area (Å²) in [6.45, 7) is 1.96. The molecule has 0 saturated carbocycles. The molecular weight excluding hydrogens is 386 g/mol. The van der Waals surface area contributed by atoms with Crippen molar-refractivity contribution in [3.8, 4) is 16.9 Å². The van der Waals surface area contributed by atoms with Crippen molar-refractivity contribution < 1.29 is 9.90 Å². The van der Waals surface area contributed by atoms with Crippen LogP contribution < -0.4 is 5.32 Å². The summed E-state index contributed by atoms with van der Waals surface area (Å²) in [5.41, 5.74) is 5.15. The predicted octanol–water partition coefficient (Wildman–Crippen LogP) is 5.24. The van der Waals surface area contributed by atoms with E-state index < -0.39 is 6.04 Å². The SMILES string of the molecule is Cc1nn2c(c1-c1ccc(Cl)cc1)NC1=C(C(=O)CCC1)[C@@H]2c1ccccc1O. The van der Waals surface area contributed by atoms with Crippen LogP contribution in [0.2, 0.25) is 5.02 Å². The Balaban J connectivity index is 1.76.